The Bertz CT molecular complexity index is 1190. The van der Waals surface area contributed by atoms with E-state index >= 15 is 0 Å². The first-order valence-corrected chi connectivity index (χ1v) is 11.5. The van der Waals surface area contributed by atoms with Gasteiger partial charge in [0, 0.05) is 25.7 Å². The van der Waals surface area contributed by atoms with Crippen molar-refractivity contribution in [2.24, 2.45) is 13.0 Å². The summed E-state index contributed by atoms with van der Waals surface area (Å²) in [5.74, 6) is -2.35. The van der Waals surface area contributed by atoms with E-state index in [2.05, 4.69) is 27.9 Å². The van der Waals surface area contributed by atoms with Gasteiger partial charge in [-0.05, 0) is 34.7 Å². The number of amides is 2. The molecule has 2 amide bonds. The van der Waals surface area contributed by atoms with Gasteiger partial charge in [0.1, 0.15) is 6.61 Å². The Hall–Kier alpha value is -4.14. The van der Waals surface area contributed by atoms with Crippen LogP contribution in [0.2, 0.25) is 0 Å². The lowest BCUT2D eigenvalue weighted by atomic mass is 9.98. The number of aliphatic carboxylic acids is 1. The lowest BCUT2D eigenvalue weighted by molar-refractivity contribution is -0.142. The smallest absolute Gasteiger partial charge is 0.407 e. The van der Waals surface area contributed by atoms with E-state index in [9.17, 15) is 19.5 Å². The highest BCUT2D eigenvalue weighted by molar-refractivity contribution is 5.86. The average Bonchev–Trinajstić information content (AvgIpc) is 3.42. The lowest BCUT2D eigenvalue weighted by Gasteiger charge is -2.20. The van der Waals surface area contributed by atoms with Crippen molar-refractivity contribution >= 4 is 18.0 Å². The zero-order valence-electron chi connectivity index (χ0n) is 19.6. The van der Waals surface area contributed by atoms with Crippen LogP contribution in [0.15, 0.2) is 60.8 Å². The molecule has 1 aliphatic carbocycles. The van der Waals surface area contributed by atoms with Gasteiger partial charge in [-0.25, -0.2) is 9.59 Å². The molecule has 1 aliphatic rings. The van der Waals surface area contributed by atoms with Crippen LogP contribution in [0, 0.1) is 5.92 Å². The number of carboxylic acid groups (broad SMARTS) is 1. The van der Waals surface area contributed by atoms with Gasteiger partial charge in [-0.3, -0.25) is 9.48 Å². The maximum atomic E-state index is 12.8. The van der Waals surface area contributed by atoms with Gasteiger partial charge in [-0.2, -0.15) is 5.10 Å². The van der Waals surface area contributed by atoms with Crippen LogP contribution in [0.5, 0.6) is 0 Å². The van der Waals surface area contributed by atoms with Crippen molar-refractivity contribution in [1.29, 1.82) is 0 Å². The van der Waals surface area contributed by atoms with Gasteiger partial charge in [0.05, 0.1) is 11.6 Å². The zero-order chi connectivity index (χ0) is 24.9. The van der Waals surface area contributed by atoms with Crippen LogP contribution in [-0.2, 0) is 21.4 Å². The number of aromatic nitrogens is 2. The molecule has 0 fully saturated rings. The monoisotopic (exact) mass is 476 g/mol. The predicted octanol–water partition coefficient (Wildman–Crippen LogP) is 3.23. The van der Waals surface area contributed by atoms with Gasteiger partial charge >= 0.3 is 12.1 Å². The Kier molecular flexibility index (Phi) is 7.14. The van der Waals surface area contributed by atoms with Crippen LogP contribution in [-0.4, -0.2) is 46.0 Å². The van der Waals surface area contributed by atoms with Crippen LogP contribution in [0.25, 0.3) is 11.1 Å². The van der Waals surface area contributed by atoms with Gasteiger partial charge < -0.3 is 20.5 Å². The number of aryl methyl sites for hydroxylation is 1. The molecule has 35 heavy (non-hydrogen) atoms. The topological polar surface area (TPSA) is 123 Å². The Labute approximate surface area is 203 Å². The van der Waals surface area contributed by atoms with Crippen molar-refractivity contribution < 1.29 is 24.2 Å². The number of hydrogen-bond acceptors (Lipinski definition) is 5. The van der Waals surface area contributed by atoms with E-state index in [1.54, 1.807) is 14.0 Å². The number of rotatable bonds is 9. The van der Waals surface area contributed by atoms with E-state index in [-0.39, 0.29) is 19.1 Å². The fourth-order valence-corrected chi connectivity index (χ4v) is 4.47. The number of carboxylic acids is 1. The molecular weight excluding hydrogens is 448 g/mol. The van der Waals surface area contributed by atoms with Crippen molar-refractivity contribution in [3.63, 3.8) is 0 Å². The molecule has 9 nitrogen and oxygen atoms in total. The summed E-state index contributed by atoms with van der Waals surface area (Å²) in [6.45, 7) is 1.99. The van der Waals surface area contributed by atoms with E-state index < -0.39 is 29.9 Å². The molecule has 1 aromatic heterocycles. The standard InChI is InChI=1S/C26H28N4O5/c1-3-16(24(31)29-23(25(32)33)22-12-13-28-30(22)2)14-27-26(34)35-15-21-19-10-6-4-8-17(19)18-9-5-7-11-20(18)21/h4-13,16,21,23H,3,14-15H2,1-2H3,(H,27,34)(H,29,31)(H,32,33). The first kappa shape index (κ1) is 24.0. The van der Waals surface area contributed by atoms with E-state index in [4.69, 9.17) is 4.74 Å². The lowest BCUT2D eigenvalue weighted by Crippen LogP contribution is -2.42. The molecule has 3 aromatic rings. The molecule has 9 heteroatoms. The fraction of sp³-hybridized carbons (Fsp3) is 0.308. The molecule has 2 unspecified atom stereocenters. The highest BCUT2D eigenvalue weighted by Gasteiger charge is 2.30. The van der Waals surface area contributed by atoms with E-state index in [1.165, 1.54) is 16.9 Å². The maximum Gasteiger partial charge on any atom is 0.407 e. The van der Waals surface area contributed by atoms with Crippen LogP contribution in [0.1, 0.15) is 42.1 Å². The number of ether oxygens (including phenoxy) is 1. The number of fused-ring (bicyclic) bond motifs is 3. The molecule has 0 spiro atoms. The SMILES string of the molecule is CCC(CNC(=O)OCC1c2ccccc2-c2ccccc21)C(=O)NC(C(=O)O)c1ccnn1C. The summed E-state index contributed by atoms with van der Waals surface area (Å²) in [6, 6.07) is 16.4. The largest absolute Gasteiger partial charge is 0.479 e. The van der Waals surface area contributed by atoms with Gasteiger partial charge in [0.25, 0.3) is 0 Å². The third kappa shape index (κ3) is 5.03. The van der Waals surface area contributed by atoms with Gasteiger partial charge in [-0.15, -0.1) is 0 Å². The molecule has 182 valence electrons. The summed E-state index contributed by atoms with van der Waals surface area (Å²) in [6.07, 6.45) is 1.25. The van der Waals surface area contributed by atoms with Crippen LogP contribution in [0.3, 0.4) is 0 Å². The first-order chi connectivity index (χ1) is 16.9. The second kappa shape index (κ2) is 10.4. The average molecular weight is 477 g/mol. The summed E-state index contributed by atoms with van der Waals surface area (Å²) >= 11 is 0. The Balaban J connectivity index is 1.34. The molecule has 2 atom stereocenters. The van der Waals surface area contributed by atoms with Gasteiger partial charge in [0.2, 0.25) is 5.91 Å². The number of nitrogens with zero attached hydrogens (tertiary/aromatic N) is 2. The van der Waals surface area contributed by atoms with Crippen molar-refractivity contribution in [2.75, 3.05) is 13.2 Å². The van der Waals surface area contributed by atoms with Gasteiger partial charge in [0.15, 0.2) is 6.04 Å². The number of nitrogens with one attached hydrogen (secondary N) is 2. The fourth-order valence-electron chi connectivity index (χ4n) is 4.47. The molecule has 0 saturated carbocycles. The molecule has 2 aromatic carbocycles. The summed E-state index contributed by atoms with van der Waals surface area (Å²) in [5, 5.41) is 18.7. The van der Waals surface area contributed by atoms with E-state index in [0.717, 1.165) is 22.3 Å². The van der Waals surface area contributed by atoms with Crippen molar-refractivity contribution in [1.82, 2.24) is 20.4 Å². The molecule has 4 rings (SSSR count). The number of carbonyl (C=O) groups is 3. The molecule has 0 saturated heterocycles. The maximum absolute atomic E-state index is 12.8. The van der Waals surface area contributed by atoms with Crippen LogP contribution in [0.4, 0.5) is 4.79 Å². The van der Waals surface area contributed by atoms with Crippen molar-refractivity contribution in [2.45, 2.75) is 25.3 Å². The summed E-state index contributed by atoms with van der Waals surface area (Å²) < 4.78 is 6.92. The van der Waals surface area contributed by atoms with Crippen LogP contribution < -0.4 is 10.6 Å². The van der Waals surface area contributed by atoms with E-state index in [0.29, 0.717) is 12.1 Å². The molecule has 0 aliphatic heterocycles. The van der Waals surface area contributed by atoms with Crippen molar-refractivity contribution in [3.8, 4) is 11.1 Å². The minimum absolute atomic E-state index is 0.0245. The third-order valence-electron chi connectivity index (χ3n) is 6.39. The first-order valence-electron chi connectivity index (χ1n) is 11.5. The molecule has 3 N–H and O–H groups in total. The number of benzene rings is 2. The quantitative estimate of drug-likeness (QED) is 0.436. The van der Waals surface area contributed by atoms with Crippen molar-refractivity contribution in [3.05, 3.63) is 77.6 Å². The predicted molar refractivity (Wildman–Crippen MR) is 129 cm³/mol. The minimum atomic E-state index is -1.24. The number of carbonyl (C=O) groups excluding carboxylic acids is 2. The molecule has 0 radical (unpaired) electrons. The summed E-state index contributed by atoms with van der Waals surface area (Å²) in [5.41, 5.74) is 4.86. The molecular formula is C26H28N4O5. The summed E-state index contributed by atoms with van der Waals surface area (Å²) in [7, 11) is 1.60. The third-order valence-corrected chi connectivity index (χ3v) is 6.39. The highest BCUT2D eigenvalue weighted by Crippen LogP contribution is 2.44. The minimum Gasteiger partial charge on any atom is -0.479 e. The molecule has 1 heterocycles. The summed E-state index contributed by atoms with van der Waals surface area (Å²) in [4.78, 5) is 36.9. The van der Waals surface area contributed by atoms with E-state index in [1.807, 2.05) is 36.4 Å². The Morgan fingerprint density at radius 1 is 1.06 bits per heavy atom. The molecule has 0 bridgehead atoms. The van der Waals surface area contributed by atoms with Gasteiger partial charge in [-0.1, -0.05) is 55.5 Å². The zero-order valence-corrected chi connectivity index (χ0v) is 19.6. The number of alkyl carbamates (subject to hydrolysis) is 1. The Morgan fingerprint density at radius 2 is 1.69 bits per heavy atom. The number of hydrogen-bond donors (Lipinski definition) is 3. The second-order valence-corrected chi connectivity index (χ2v) is 8.47. The highest BCUT2D eigenvalue weighted by atomic mass is 16.5. The Morgan fingerprint density at radius 3 is 2.23 bits per heavy atom. The normalized spacial score (nSPS) is 13.9. The van der Waals surface area contributed by atoms with Crippen LogP contribution >= 0.6 is 0 Å². The second-order valence-electron chi connectivity index (χ2n) is 8.47.